The first-order valence-electron chi connectivity index (χ1n) is 8.70. The molecule has 0 aliphatic heterocycles. The molecule has 0 spiro atoms. The lowest BCUT2D eigenvalue weighted by Gasteiger charge is -2.07. The van der Waals surface area contributed by atoms with E-state index in [-0.39, 0.29) is 18.0 Å². The van der Waals surface area contributed by atoms with E-state index in [9.17, 15) is 14.4 Å². The Morgan fingerprint density at radius 1 is 1.10 bits per heavy atom. The average molecular weight is 407 g/mol. The van der Waals surface area contributed by atoms with Gasteiger partial charge in [-0.2, -0.15) is 5.26 Å². The fourth-order valence-corrected chi connectivity index (χ4v) is 2.71. The van der Waals surface area contributed by atoms with Crippen LogP contribution in [0.3, 0.4) is 0 Å². The van der Waals surface area contributed by atoms with Crippen LogP contribution in [0.4, 0.5) is 10.1 Å². The predicted molar refractivity (Wildman–Crippen MR) is 111 cm³/mol. The third kappa shape index (κ3) is 5.68. The zero-order valence-electron chi connectivity index (χ0n) is 15.2. The van der Waals surface area contributed by atoms with E-state index >= 15 is 0 Å². The Morgan fingerprint density at radius 2 is 1.86 bits per heavy atom. The van der Waals surface area contributed by atoms with Crippen molar-refractivity contribution in [2.75, 3.05) is 5.32 Å². The molecule has 0 bridgehead atoms. The molecular weight excluding hydrogens is 391 g/mol. The highest BCUT2D eigenvalue weighted by Crippen LogP contribution is 2.19. The Bertz CT molecular complexity index is 1090. The third-order valence-electron chi connectivity index (χ3n) is 3.99. The summed E-state index contributed by atoms with van der Waals surface area (Å²) in [6.07, 6.45) is 1.47. The minimum Gasteiger partial charge on any atom is -0.489 e. The van der Waals surface area contributed by atoms with Crippen LogP contribution in [0.5, 0.6) is 5.75 Å². The number of nitriles is 1. The van der Waals surface area contributed by atoms with Gasteiger partial charge in [-0.1, -0.05) is 48.0 Å². The molecule has 1 amide bonds. The largest absolute Gasteiger partial charge is 0.489 e. The highest BCUT2D eigenvalue weighted by Gasteiger charge is 2.10. The number of halogens is 2. The molecule has 0 saturated heterocycles. The van der Waals surface area contributed by atoms with Crippen molar-refractivity contribution in [3.8, 4) is 11.8 Å². The molecule has 3 aromatic rings. The summed E-state index contributed by atoms with van der Waals surface area (Å²) in [5.41, 5.74) is 1.56. The summed E-state index contributed by atoms with van der Waals surface area (Å²) in [6.45, 7) is 0.105. The van der Waals surface area contributed by atoms with Gasteiger partial charge in [-0.15, -0.1) is 0 Å². The summed E-state index contributed by atoms with van der Waals surface area (Å²) in [4.78, 5) is 12.3. The smallest absolute Gasteiger partial charge is 0.266 e. The molecule has 0 unspecified atom stereocenters. The van der Waals surface area contributed by atoms with Crippen LogP contribution in [0.1, 0.15) is 11.1 Å². The normalized spacial score (nSPS) is 10.9. The predicted octanol–water partition coefficient (Wildman–Crippen LogP) is 5.60. The topological polar surface area (TPSA) is 62.1 Å². The van der Waals surface area contributed by atoms with Crippen molar-refractivity contribution in [1.29, 1.82) is 5.26 Å². The summed E-state index contributed by atoms with van der Waals surface area (Å²) < 4.78 is 19.2. The van der Waals surface area contributed by atoms with Crippen molar-refractivity contribution < 1.29 is 13.9 Å². The van der Waals surface area contributed by atoms with Gasteiger partial charge in [-0.3, -0.25) is 4.79 Å². The summed E-state index contributed by atoms with van der Waals surface area (Å²) >= 11 is 5.90. The number of hydrogen-bond acceptors (Lipinski definition) is 3. The van der Waals surface area contributed by atoms with E-state index in [2.05, 4.69) is 5.32 Å². The van der Waals surface area contributed by atoms with Crippen LogP contribution in [0.15, 0.2) is 78.4 Å². The highest BCUT2D eigenvalue weighted by atomic mass is 35.5. The van der Waals surface area contributed by atoms with Gasteiger partial charge in [-0.05, 0) is 48.0 Å². The van der Waals surface area contributed by atoms with Crippen LogP contribution in [-0.2, 0) is 11.4 Å². The van der Waals surface area contributed by atoms with Gasteiger partial charge in [0.15, 0.2) is 0 Å². The van der Waals surface area contributed by atoms with Crippen molar-refractivity contribution in [1.82, 2.24) is 0 Å². The van der Waals surface area contributed by atoms with Gasteiger partial charge >= 0.3 is 0 Å². The number of rotatable bonds is 6. The molecule has 0 radical (unpaired) electrons. The van der Waals surface area contributed by atoms with Crippen LogP contribution >= 0.6 is 11.6 Å². The number of nitrogens with one attached hydrogen (secondary N) is 1. The minimum atomic E-state index is -0.533. The quantitative estimate of drug-likeness (QED) is 0.428. The number of benzene rings is 3. The number of nitrogens with zero attached hydrogens (tertiary/aromatic N) is 1. The van der Waals surface area contributed by atoms with E-state index in [0.29, 0.717) is 27.6 Å². The van der Waals surface area contributed by atoms with Gasteiger partial charge in [0.2, 0.25) is 0 Å². The van der Waals surface area contributed by atoms with E-state index < -0.39 is 5.91 Å². The summed E-state index contributed by atoms with van der Waals surface area (Å²) in [5, 5.41) is 12.4. The van der Waals surface area contributed by atoms with E-state index in [1.807, 2.05) is 6.07 Å². The molecule has 0 aliphatic rings. The molecule has 0 saturated carbocycles. The number of carbonyl (C=O) groups excluding carboxylic acids is 1. The molecule has 0 heterocycles. The standard InChI is InChI=1S/C23H16ClFN2O2/c24-19-5-3-6-20(13-19)27-23(28)18(14-26)12-16-8-10-21(11-9-16)29-15-17-4-1-2-7-22(17)25/h1-13H,15H2,(H,27,28)/b18-12+. The number of hydrogen-bond donors (Lipinski definition) is 1. The van der Waals surface area contributed by atoms with Crippen molar-refractivity contribution in [3.63, 3.8) is 0 Å². The lowest BCUT2D eigenvalue weighted by Crippen LogP contribution is -2.13. The second-order valence-corrected chi connectivity index (χ2v) is 6.52. The fraction of sp³-hybridized carbons (Fsp3) is 0.0435. The third-order valence-corrected chi connectivity index (χ3v) is 4.23. The molecular formula is C23H16ClFN2O2. The van der Waals surface area contributed by atoms with Crippen LogP contribution in [-0.4, -0.2) is 5.91 Å². The van der Waals surface area contributed by atoms with Gasteiger partial charge in [0, 0.05) is 16.3 Å². The first-order chi connectivity index (χ1) is 14.0. The second-order valence-electron chi connectivity index (χ2n) is 6.08. The van der Waals surface area contributed by atoms with Gasteiger partial charge < -0.3 is 10.1 Å². The molecule has 6 heteroatoms. The zero-order valence-corrected chi connectivity index (χ0v) is 16.0. The molecule has 0 aromatic heterocycles. The van der Waals surface area contributed by atoms with Crippen molar-refractivity contribution in [3.05, 3.63) is 100 Å². The first kappa shape index (κ1) is 20.1. The molecule has 29 heavy (non-hydrogen) atoms. The van der Waals surface area contributed by atoms with E-state index in [1.54, 1.807) is 66.7 Å². The number of carbonyl (C=O) groups is 1. The molecule has 3 aromatic carbocycles. The van der Waals surface area contributed by atoms with E-state index in [1.165, 1.54) is 12.1 Å². The monoisotopic (exact) mass is 406 g/mol. The molecule has 0 atom stereocenters. The molecule has 1 N–H and O–H groups in total. The van der Waals surface area contributed by atoms with Crippen LogP contribution in [0.2, 0.25) is 5.02 Å². The first-order valence-corrected chi connectivity index (χ1v) is 9.08. The van der Waals surface area contributed by atoms with E-state index in [4.69, 9.17) is 16.3 Å². The van der Waals surface area contributed by atoms with Gasteiger partial charge in [0.05, 0.1) is 0 Å². The Hall–Kier alpha value is -3.62. The van der Waals surface area contributed by atoms with Gasteiger partial charge in [0.1, 0.15) is 29.8 Å². The van der Waals surface area contributed by atoms with Crippen LogP contribution in [0, 0.1) is 17.1 Å². The van der Waals surface area contributed by atoms with Crippen molar-refractivity contribution >= 4 is 29.3 Å². The lowest BCUT2D eigenvalue weighted by molar-refractivity contribution is -0.112. The van der Waals surface area contributed by atoms with Crippen molar-refractivity contribution in [2.45, 2.75) is 6.61 Å². The molecule has 144 valence electrons. The Kier molecular flexibility index (Phi) is 6.62. The number of anilines is 1. The number of amides is 1. The molecule has 0 fully saturated rings. The Morgan fingerprint density at radius 3 is 2.55 bits per heavy atom. The molecule has 0 aliphatic carbocycles. The maximum atomic E-state index is 13.6. The SMILES string of the molecule is N#C/C(=C\c1ccc(OCc2ccccc2F)cc1)C(=O)Nc1cccc(Cl)c1. The van der Waals surface area contributed by atoms with Crippen LogP contribution < -0.4 is 10.1 Å². The maximum Gasteiger partial charge on any atom is 0.266 e. The minimum absolute atomic E-state index is 0.0509. The van der Waals surface area contributed by atoms with Gasteiger partial charge in [0.25, 0.3) is 5.91 Å². The summed E-state index contributed by atoms with van der Waals surface area (Å²) in [7, 11) is 0. The summed E-state index contributed by atoms with van der Waals surface area (Å²) in [6, 6.07) is 21.8. The zero-order chi connectivity index (χ0) is 20.6. The Balaban J connectivity index is 1.66. The average Bonchev–Trinajstić information content (AvgIpc) is 2.72. The fourth-order valence-electron chi connectivity index (χ4n) is 2.52. The molecule has 3 rings (SSSR count). The lowest BCUT2D eigenvalue weighted by atomic mass is 10.1. The molecule has 4 nitrogen and oxygen atoms in total. The van der Waals surface area contributed by atoms with Crippen molar-refractivity contribution in [2.24, 2.45) is 0 Å². The summed E-state index contributed by atoms with van der Waals surface area (Å²) in [5.74, 6) is -0.307. The number of ether oxygens (including phenoxy) is 1. The highest BCUT2D eigenvalue weighted by molar-refractivity contribution is 6.31. The van der Waals surface area contributed by atoms with Gasteiger partial charge in [-0.25, -0.2) is 4.39 Å². The Labute approximate surface area is 172 Å². The maximum absolute atomic E-state index is 13.6. The van der Waals surface area contributed by atoms with Crippen LogP contribution in [0.25, 0.3) is 6.08 Å². The second kappa shape index (κ2) is 9.54. The van der Waals surface area contributed by atoms with E-state index in [0.717, 1.165) is 0 Å².